The second-order valence-electron chi connectivity index (χ2n) is 4.72. The standard InChI is InChI=1S/C17H16N2O3/c1-22-15-8-6-13(7-9-15)16(10-18)19-11-12-2-4-14(5-3-12)17(20)21/h2-9,16,19H,11H2,1H3,(H,20,21). The summed E-state index contributed by atoms with van der Waals surface area (Å²) in [6.07, 6.45) is 0. The zero-order chi connectivity index (χ0) is 15.9. The van der Waals surface area contributed by atoms with Crippen LogP contribution in [0.2, 0.25) is 0 Å². The van der Waals surface area contributed by atoms with Gasteiger partial charge in [0.25, 0.3) is 0 Å². The number of nitriles is 1. The number of carbonyl (C=O) groups is 1. The quantitative estimate of drug-likeness (QED) is 0.856. The molecule has 5 heteroatoms. The molecule has 0 aromatic heterocycles. The summed E-state index contributed by atoms with van der Waals surface area (Å²) in [4.78, 5) is 10.8. The van der Waals surface area contributed by atoms with E-state index in [0.717, 1.165) is 16.9 Å². The molecular weight excluding hydrogens is 280 g/mol. The SMILES string of the molecule is COc1ccc(C(C#N)NCc2ccc(C(=O)O)cc2)cc1. The average molecular weight is 296 g/mol. The molecule has 22 heavy (non-hydrogen) atoms. The maximum absolute atomic E-state index is 10.8. The van der Waals surface area contributed by atoms with Gasteiger partial charge in [0.05, 0.1) is 18.7 Å². The molecule has 2 aromatic carbocycles. The van der Waals surface area contributed by atoms with Crippen LogP contribution in [-0.4, -0.2) is 18.2 Å². The van der Waals surface area contributed by atoms with Gasteiger partial charge in [-0.05, 0) is 35.4 Å². The van der Waals surface area contributed by atoms with Gasteiger partial charge in [-0.3, -0.25) is 5.32 Å². The van der Waals surface area contributed by atoms with Crippen LogP contribution in [0, 0.1) is 11.3 Å². The Labute approximate surface area is 128 Å². The Morgan fingerprint density at radius 3 is 2.36 bits per heavy atom. The van der Waals surface area contributed by atoms with E-state index in [9.17, 15) is 10.1 Å². The monoisotopic (exact) mass is 296 g/mol. The molecule has 1 atom stereocenters. The van der Waals surface area contributed by atoms with Gasteiger partial charge in [-0.25, -0.2) is 4.79 Å². The number of nitrogens with one attached hydrogen (secondary N) is 1. The summed E-state index contributed by atoms with van der Waals surface area (Å²) in [5, 5.41) is 21.3. The van der Waals surface area contributed by atoms with Crippen molar-refractivity contribution in [2.75, 3.05) is 7.11 Å². The predicted octanol–water partition coefficient (Wildman–Crippen LogP) is 2.75. The summed E-state index contributed by atoms with van der Waals surface area (Å²) in [7, 11) is 1.59. The highest BCUT2D eigenvalue weighted by atomic mass is 16.5. The van der Waals surface area contributed by atoms with Gasteiger partial charge in [0.15, 0.2) is 0 Å². The first kappa shape index (κ1) is 15.5. The van der Waals surface area contributed by atoms with E-state index in [4.69, 9.17) is 9.84 Å². The molecule has 0 amide bonds. The maximum Gasteiger partial charge on any atom is 0.335 e. The number of hydrogen-bond acceptors (Lipinski definition) is 4. The van der Waals surface area contributed by atoms with Crippen LogP contribution < -0.4 is 10.1 Å². The molecule has 0 heterocycles. The molecule has 2 rings (SSSR count). The van der Waals surface area contributed by atoms with Gasteiger partial charge >= 0.3 is 5.97 Å². The van der Waals surface area contributed by atoms with Crippen molar-refractivity contribution in [3.05, 3.63) is 65.2 Å². The molecular formula is C17H16N2O3. The zero-order valence-corrected chi connectivity index (χ0v) is 12.1. The normalized spacial score (nSPS) is 11.5. The molecule has 0 aliphatic heterocycles. The maximum atomic E-state index is 10.8. The predicted molar refractivity (Wildman–Crippen MR) is 81.6 cm³/mol. The molecule has 0 aliphatic carbocycles. The number of ether oxygens (including phenoxy) is 1. The van der Waals surface area contributed by atoms with Crippen molar-refractivity contribution in [1.82, 2.24) is 5.32 Å². The summed E-state index contributed by atoms with van der Waals surface area (Å²) in [5.74, 6) is -0.211. The molecule has 0 bridgehead atoms. The average Bonchev–Trinajstić information content (AvgIpc) is 2.56. The summed E-state index contributed by atoms with van der Waals surface area (Å²) < 4.78 is 5.09. The van der Waals surface area contributed by atoms with E-state index in [1.165, 1.54) is 0 Å². The Balaban J connectivity index is 2.01. The first-order valence-electron chi connectivity index (χ1n) is 6.73. The molecule has 0 spiro atoms. The topological polar surface area (TPSA) is 82.3 Å². The molecule has 5 nitrogen and oxygen atoms in total. The van der Waals surface area contributed by atoms with Crippen LogP contribution in [0.3, 0.4) is 0 Å². The molecule has 2 N–H and O–H groups in total. The van der Waals surface area contributed by atoms with Gasteiger partial charge in [0.2, 0.25) is 0 Å². The van der Waals surface area contributed by atoms with Crippen molar-refractivity contribution in [3.63, 3.8) is 0 Å². The van der Waals surface area contributed by atoms with Crippen molar-refractivity contribution < 1.29 is 14.6 Å². The summed E-state index contributed by atoms with van der Waals surface area (Å²) in [6.45, 7) is 0.476. The molecule has 0 radical (unpaired) electrons. The lowest BCUT2D eigenvalue weighted by Gasteiger charge is -2.12. The third-order valence-electron chi connectivity index (χ3n) is 3.29. The number of aromatic carboxylic acids is 1. The first-order chi connectivity index (χ1) is 10.6. The van der Waals surface area contributed by atoms with Gasteiger partial charge < -0.3 is 9.84 Å². The number of benzene rings is 2. The van der Waals surface area contributed by atoms with Crippen LogP contribution >= 0.6 is 0 Å². The summed E-state index contributed by atoms with van der Waals surface area (Å²) in [6, 6.07) is 15.6. The van der Waals surface area contributed by atoms with E-state index in [2.05, 4.69) is 11.4 Å². The Bertz CT molecular complexity index is 673. The van der Waals surface area contributed by atoms with Gasteiger partial charge in [-0.2, -0.15) is 5.26 Å². The van der Waals surface area contributed by atoms with Crippen LogP contribution in [-0.2, 0) is 6.54 Å². The number of carboxylic acids is 1. The number of carboxylic acid groups (broad SMARTS) is 1. The molecule has 2 aromatic rings. The molecule has 1 unspecified atom stereocenters. The van der Waals surface area contributed by atoms with Crippen LogP contribution in [0.4, 0.5) is 0 Å². The van der Waals surface area contributed by atoms with Gasteiger partial charge in [0, 0.05) is 6.54 Å². The van der Waals surface area contributed by atoms with Crippen molar-refractivity contribution in [3.8, 4) is 11.8 Å². The summed E-state index contributed by atoms with van der Waals surface area (Å²) in [5.41, 5.74) is 2.01. The Morgan fingerprint density at radius 1 is 1.23 bits per heavy atom. The van der Waals surface area contributed by atoms with E-state index in [0.29, 0.717) is 6.54 Å². The Morgan fingerprint density at radius 2 is 1.86 bits per heavy atom. The highest BCUT2D eigenvalue weighted by Crippen LogP contribution is 2.17. The smallest absolute Gasteiger partial charge is 0.335 e. The molecule has 0 saturated carbocycles. The second kappa shape index (κ2) is 7.25. The van der Waals surface area contributed by atoms with Crippen LogP contribution in [0.25, 0.3) is 0 Å². The van der Waals surface area contributed by atoms with Gasteiger partial charge in [0.1, 0.15) is 11.8 Å². The number of rotatable bonds is 6. The second-order valence-corrected chi connectivity index (χ2v) is 4.72. The Hall–Kier alpha value is -2.84. The number of nitrogens with zero attached hydrogens (tertiary/aromatic N) is 1. The van der Waals surface area contributed by atoms with Crippen LogP contribution in [0.5, 0.6) is 5.75 Å². The third kappa shape index (κ3) is 3.84. The van der Waals surface area contributed by atoms with E-state index >= 15 is 0 Å². The van der Waals surface area contributed by atoms with Crippen LogP contribution in [0.15, 0.2) is 48.5 Å². The van der Waals surface area contributed by atoms with E-state index in [1.807, 2.05) is 24.3 Å². The molecule has 0 aliphatic rings. The van der Waals surface area contributed by atoms with Crippen molar-refractivity contribution in [1.29, 1.82) is 5.26 Å². The minimum Gasteiger partial charge on any atom is -0.497 e. The van der Waals surface area contributed by atoms with Crippen molar-refractivity contribution in [2.45, 2.75) is 12.6 Å². The zero-order valence-electron chi connectivity index (χ0n) is 12.1. The van der Waals surface area contributed by atoms with E-state index in [1.54, 1.807) is 31.4 Å². The van der Waals surface area contributed by atoms with E-state index < -0.39 is 12.0 Å². The number of methoxy groups -OCH3 is 1. The molecule has 0 saturated heterocycles. The minimum atomic E-state index is -0.951. The largest absolute Gasteiger partial charge is 0.497 e. The highest BCUT2D eigenvalue weighted by molar-refractivity contribution is 5.87. The van der Waals surface area contributed by atoms with Crippen molar-refractivity contribution >= 4 is 5.97 Å². The lowest BCUT2D eigenvalue weighted by Crippen LogP contribution is -2.19. The fourth-order valence-electron chi connectivity index (χ4n) is 2.02. The summed E-state index contributed by atoms with van der Waals surface area (Å²) >= 11 is 0. The highest BCUT2D eigenvalue weighted by Gasteiger charge is 2.10. The lowest BCUT2D eigenvalue weighted by molar-refractivity contribution is 0.0697. The Kier molecular flexibility index (Phi) is 5.12. The number of hydrogen-bond donors (Lipinski definition) is 2. The van der Waals surface area contributed by atoms with Crippen LogP contribution in [0.1, 0.15) is 27.5 Å². The van der Waals surface area contributed by atoms with Gasteiger partial charge in [-0.1, -0.05) is 24.3 Å². The van der Waals surface area contributed by atoms with Crippen molar-refractivity contribution in [2.24, 2.45) is 0 Å². The minimum absolute atomic E-state index is 0.246. The fraction of sp³-hybridized carbons (Fsp3) is 0.176. The fourth-order valence-corrected chi connectivity index (χ4v) is 2.02. The first-order valence-corrected chi connectivity index (χ1v) is 6.73. The molecule has 0 fully saturated rings. The molecule has 112 valence electrons. The van der Waals surface area contributed by atoms with E-state index in [-0.39, 0.29) is 5.56 Å². The third-order valence-corrected chi connectivity index (χ3v) is 3.29. The van der Waals surface area contributed by atoms with Gasteiger partial charge in [-0.15, -0.1) is 0 Å². The lowest BCUT2D eigenvalue weighted by atomic mass is 10.1.